The summed E-state index contributed by atoms with van der Waals surface area (Å²) in [6, 6.07) is 10.1. The molecule has 8 nitrogen and oxygen atoms in total. The minimum atomic E-state index is -4.50. The highest BCUT2D eigenvalue weighted by atomic mass is 19.4. The van der Waals surface area contributed by atoms with E-state index in [4.69, 9.17) is 4.74 Å². The average Bonchev–Trinajstić information content (AvgIpc) is 3.32. The molecule has 2 aromatic heterocycles. The Morgan fingerprint density at radius 1 is 1.19 bits per heavy atom. The molecule has 4 rings (SSSR count). The average molecular weight is 431 g/mol. The fraction of sp³-hybridized carbons (Fsp3) is 0.200. The summed E-state index contributed by atoms with van der Waals surface area (Å²) in [5.41, 5.74) is 0.445. The Balaban J connectivity index is 1.58. The van der Waals surface area contributed by atoms with Gasteiger partial charge < -0.3 is 10.1 Å². The molecule has 3 heterocycles. The molecule has 0 atom stereocenters. The van der Waals surface area contributed by atoms with Crippen molar-refractivity contribution in [3.63, 3.8) is 0 Å². The Hall–Kier alpha value is -3.89. The first-order valence-electron chi connectivity index (χ1n) is 9.18. The van der Waals surface area contributed by atoms with Crippen LogP contribution in [0.15, 0.2) is 48.7 Å². The van der Waals surface area contributed by atoms with Gasteiger partial charge in [-0.1, -0.05) is 6.07 Å². The van der Waals surface area contributed by atoms with Crippen LogP contribution in [0.2, 0.25) is 0 Å². The second-order valence-corrected chi connectivity index (χ2v) is 6.76. The fourth-order valence-electron chi connectivity index (χ4n) is 3.07. The number of hydrogen-bond donors (Lipinski definition) is 1. The quantitative estimate of drug-likeness (QED) is 0.679. The molecule has 0 spiro atoms. The Morgan fingerprint density at radius 2 is 2.00 bits per heavy atom. The molecule has 160 valence electrons. The van der Waals surface area contributed by atoms with Gasteiger partial charge in [0.05, 0.1) is 17.8 Å². The highest BCUT2D eigenvalue weighted by molar-refractivity contribution is 6.05. The van der Waals surface area contributed by atoms with Gasteiger partial charge in [-0.3, -0.25) is 9.69 Å². The van der Waals surface area contributed by atoms with Gasteiger partial charge in [0.1, 0.15) is 12.4 Å². The van der Waals surface area contributed by atoms with Gasteiger partial charge in [-0.25, -0.2) is 9.78 Å². The molecule has 1 aliphatic rings. The molecular formula is C20H16F3N5O3. The number of benzene rings is 1. The van der Waals surface area contributed by atoms with Crippen LogP contribution in [0.5, 0.6) is 0 Å². The number of carbonyl (C=O) groups is 2. The van der Waals surface area contributed by atoms with Crippen molar-refractivity contribution in [1.82, 2.24) is 14.8 Å². The van der Waals surface area contributed by atoms with Crippen LogP contribution in [0.4, 0.5) is 29.5 Å². The van der Waals surface area contributed by atoms with Gasteiger partial charge in [0.25, 0.3) is 5.91 Å². The second kappa shape index (κ2) is 7.74. The maximum atomic E-state index is 12.8. The van der Waals surface area contributed by atoms with Crippen LogP contribution in [0.3, 0.4) is 0 Å². The van der Waals surface area contributed by atoms with Crippen LogP contribution in [-0.4, -0.2) is 39.9 Å². The van der Waals surface area contributed by atoms with Crippen LogP contribution < -0.4 is 10.2 Å². The summed E-state index contributed by atoms with van der Waals surface area (Å²) in [4.78, 5) is 29.8. The molecule has 3 aromatic rings. The summed E-state index contributed by atoms with van der Waals surface area (Å²) in [5.74, 6) is -0.131. The normalized spacial score (nSPS) is 13.9. The molecule has 0 bridgehead atoms. The largest absolute Gasteiger partial charge is 0.447 e. The first kappa shape index (κ1) is 20.4. The summed E-state index contributed by atoms with van der Waals surface area (Å²) in [5, 5.41) is 6.88. The number of aryl methyl sites for hydroxylation is 1. The van der Waals surface area contributed by atoms with Crippen molar-refractivity contribution in [1.29, 1.82) is 0 Å². The lowest BCUT2D eigenvalue weighted by molar-refractivity contribution is -0.137. The molecule has 0 aliphatic carbocycles. The number of nitrogens with zero attached hydrogens (tertiary/aromatic N) is 4. The van der Waals surface area contributed by atoms with E-state index in [1.807, 2.05) is 0 Å². The maximum Gasteiger partial charge on any atom is 0.417 e. The van der Waals surface area contributed by atoms with Gasteiger partial charge in [0.15, 0.2) is 5.82 Å². The zero-order chi connectivity index (χ0) is 22.2. The number of anilines is 2. The fourth-order valence-corrected chi connectivity index (χ4v) is 3.07. The Morgan fingerprint density at radius 3 is 2.65 bits per heavy atom. The first-order valence-corrected chi connectivity index (χ1v) is 9.18. The lowest BCUT2D eigenvalue weighted by atomic mass is 10.1. The van der Waals surface area contributed by atoms with Gasteiger partial charge in [-0.15, -0.1) is 0 Å². The smallest absolute Gasteiger partial charge is 0.417 e. The molecule has 1 aliphatic heterocycles. The van der Waals surface area contributed by atoms with E-state index in [1.165, 1.54) is 15.6 Å². The molecule has 2 amide bonds. The standard InChI is InChI=1S/C20H16F3N5O3/c1-12-9-17(28(26-12)16-6-5-14(11-24-16)20(21,22)23)25-18(29)13-3-2-4-15(10-13)27-7-8-31-19(27)30/h2-6,9-11H,7-8H2,1H3,(H,25,29). The second-order valence-electron chi connectivity index (χ2n) is 6.76. The maximum absolute atomic E-state index is 12.8. The van der Waals surface area contributed by atoms with Crippen molar-refractivity contribution < 1.29 is 27.5 Å². The molecule has 1 N–H and O–H groups in total. The molecule has 0 saturated carbocycles. The van der Waals surface area contributed by atoms with E-state index in [0.717, 1.165) is 6.07 Å². The van der Waals surface area contributed by atoms with E-state index in [0.29, 0.717) is 24.1 Å². The number of amides is 2. The van der Waals surface area contributed by atoms with Crippen molar-refractivity contribution in [2.75, 3.05) is 23.4 Å². The summed E-state index contributed by atoms with van der Waals surface area (Å²) < 4.78 is 44.5. The van der Waals surface area contributed by atoms with Crippen LogP contribution in [0.1, 0.15) is 21.6 Å². The number of aromatic nitrogens is 3. The molecule has 11 heteroatoms. The zero-order valence-corrected chi connectivity index (χ0v) is 16.2. The molecular weight excluding hydrogens is 415 g/mol. The van der Waals surface area contributed by atoms with E-state index >= 15 is 0 Å². The zero-order valence-electron chi connectivity index (χ0n) is 16.2. The summed E-state index contributed by atoms with van der Waals surface area (Å²) in [7, 11) is 0. The van der Waals surface area contributed by atoms with E-state index in [9.17, 15) is 22.8 Å². The predicted molar refractivity (Wildman–Crippen MR) is 104 cm³/mol. The number of halogens is 3. The number of rotatable bonds is 4. The van der Waals surface area contributed by atoms with Gasteiger partial charge in [-0.05, 0) is 37.3 Å². The molecule has 31 heavy (non-hydrogen) atoms. The van der Waals surface area contributed by atoms with E-state index < -0.39 is 23.7 Å². The number of cyclic esters (lactones) is 1. The lowest BCUT2D eigenvalue weighted by Gasteiger charge is -2.14. The van der Waals surface area contributed by atoms with Gasteiger partial charge in [0.2, 0.25) is 0 Å². The molecule has 0 unspecified atom stereocenters. The first-order chi connectivity index (χ1) is 14.7. The van der Waals surface area contributed by atoms with Crippen LogP contribution in [0, 0.1) is 6.92 Å². The number of hydrogen-bond acceptors (Lipinski definition) is 5. The molecule has 1 saturated heterocycles. The van der Waals surface area contributed by atoms with Crippen LogP contribution >= 0.6 is 0 Å². The number of carbonyl (C=O) groups excluding carboxylic acids is 2. The summed E-state index contributed by atoms with van der Waals surface area (Å²) >= 11 is 0. The monoisotopic (exact) mass is 431 g/mol. The Kier molecular flexibility index (Phi) is 5.09. The van der Waals surface area contributed by atoms with Gasteiger partial charge in [-0.2, -0.15) is 23.0 Å². The Bertz CT molecular complexity index is 1140. The topological polar surface area (TPSA) is 89.4 Å². The van der Waals surface area contributed by atoms with Crippen molar-refractivity contribution in [3.05, 3.63) is 65.5 Å². The predicted octanol–water partition coefficient (Wildman–Crippen LogP) is 3.80. The number of ether oxygens (including phenoxy) is 1. The third kappa shape index (κ3) is 4.20. The number of nitrogens with one attached hydrogen (secondary N) is 1. The molecule has 0 radical (unpaired) electrons. The Labute approximate surface area is 174 Å². The van der Waals surface area contributed by atoms with E-state index in [-0.39, 0.29) is 23.8 Å². The van der Waals surface area contributed by atoms with E-state index in [1.54, 1.807) is 37.3 Å². The third-order valence-electron chi connectivity index (χ3n) is 4.55. The van der Waals surface area contributed by atoms with Crippen molar-refractivity contribution in [3.8, 4) is 5.82 Å². The summed E-state index contributed by atoms with van der Waals surface area (Å²) in [6.45, 7) is 2.33. The molecule has 1 aromatic carbocycles. The third-order valence-corrected chi connectivity index (χ3v) is 4.55. The van der Waals surface area contributed by atoms with E-state index in [2.05, 4.69) is 15.4 Å². The van der Waals surface area contributed by atoms with Crippen molar-refractivity contribution in [2.45, 2.75) is 13.1 Å². The van der Waals surface area contributed by atoms with Gasteiger partial charge >= 0.3 is 12.3 Å². The molecule has 1 fully saturated rings. The van der Waals surface area contributed by atoms with Crippen LogP contribution in [0.25, 0.3) is 5.82 Å². The minimum absolute atomic E-state index is 0.116. The van der Waals surface area contributed by atoms with Crippen LogP contribution in [-0.2, 0) is 10.9 Å². The SMILES string of the molecule is Cc1cc(NC(=O)c2cccc(N3CCOC3=O)c2)n(-c2ccc(C(F)(F)F)cn2)n1. The van der Waals surface area contributed by atoms with Gasteiger partial charge in [0, 0.05) is 23.5 Å². The highest BCUT2D eigenvalue weighted by Gasteiger charge is 2.31. The van der Waals surface area contributed by atoms with Crippen molar-refractivity contribution in [2.24, 2.45) is 0 Å². The summed E-state index contributed by atoms with van der Waals surface area (Å²) in [6.07, 6.45) is -4.29. The number of alkyl halides is 3. The van der Waals surface area contributed by atoms with Crippen molar-refractivity contribution >= 4 is 23.5 Å². The highest BCUT2D eigenvalue weighted by Crippen LogP contribution is 2.29. The minimum Gasteiger partial charge on any atom is -0.447 e. The number of pyridine rings is 1. The lowest BCUT2D eigenvalue weighted by Crippen LogP contribution is -2.24.